The van der Waals surface area contributed by atoms with E-state index in [-0.39, 0.29) is 17.8 Å². The summed E-state index contributed by atoms with van der Waals surface area (Å²) in [4.78, 5) is 7.15. The summed E-state index contributed by atoms with van der Waals surface area (Å²) in [6.45, 7) is 8.11. The van der Waals surface area contributed by atoms with Gasteiger partial charge in [-0.15, -0.1) is 0 Å². The maximum atomic E-state index is 13.2. The molecule has 2 bridgehead atoms. The van der Waals surface area contributed by atoms with Crippen LogP contribution in [0.4, 0.5) is 13.2 Å². The van der Waals surface area contributed by atoms with Crippen LogP contribution in [0.15, 0.2) is 30.3 Å². The van der Waals surface area contributed by atoms with Gasteiger partial charge >= 0.3 is 15.6 Å². The Balaban J connectivity index is 1.42. The van der Waals surface area contributed by atoms with E-state index in [1.165, 1.54) is 18.9 Å². The number of nitrogens with zero attached hydrogens (tertiary/aromatic N) is 3. The van der Waals surface area contributed by atoms with Gasteiger partial charge in [-0.3, -0.25) is 4.90 Å². The van der Waals surface area contributed by atoms with Crippen molar-refractivity contribution in [1.29, 1.82) is 0 Å². The molecule has 2 atom stereocenters. The summed E-state index contributed by atoms with van der Waals surface area (Å²) in [6, 6.07) is 10.0. The van der Waals surface area contributed by atoms with Crippen LogP contribution in [-0.2, 0) is 21.6 Å². The topological polar surface area (TPSA) is 73.7 Å². The number of hydrogen-bond acceptors (Lipinski definition) is 6. The zero-order chi connectivity index (χ0) is 30.0. The molecule has 2 aliphatic heterocycles. The summed E-state index contributed by atoms with van der Waals surface area (Å²) in [5.74, 6) is 1.20. The molecule has 2 unspecified atom stereocenters. The number of aromatic nitrogens is 2. The minimum Gasteiger partial charge on any atom is -0.376 e. The largest absolute Gasteiger partial charge is 0.534 e. The van der Waals surface area contributed by atoms with Gasteiger partial charge in [0.15, 0.2) is 0 Å². The van der Waals surface area contributed by atoms with Crippen molar-refractivity contribution in [3.05, 3.63) is 47.3 Å². The Morgan fingerprint density at radius 3 is 2.36 bits per heavy atom. The van der Waals surface area contributed by atoms with Crippen LogP contribution in [0.25, 0.3) is 22.2 Å². The number of fused-ring (bicyclic) bond motifs is 6. The summed E-state index contributed by atoms with van der Waals surface area (Å²) in [5.41, 5.74) is -0.484. The van der Waals surface area contributed by atoms with Crippen LogP contribution < -0.4 is 4.18 Å². The van der Waals surface area contributed by atoms with Crippen molar-refractivity contribution in [3.63, 3.8) is 0 Å². The summed E-state index contributed by atoms with van der Waals surface area (Å²) in [6.07, 6.45) is 6.16. The molecular formula is C30H38F3N3O4SSi. The van der Waals surface area contributed by atoms with Gasteiger partial charge in [0, 0.05) is 38.2 Å². The van der Waals surface area contributed by atoms with Crippen LogP contribution in [-0.4, -0.2) is 50.1 Å². The van der Waals surface area contributed by atoms with Gasteiger partial charge in [0.05, 0.1) is 11.0 Å². The van der Waals surface area contributed by atoms with E-state index in [4.69, 9.17) is 13.9 Å². The van der Waals surface area contributed by atoms with Crippen LogP contribution in [0, 0.1) is 0 Å². The standard InChI is InChI=1S/C30H38F3N3O4SSi/c1-35-23-12-13-24(35)28-26(40-41(37,38)30(31,32)33)14-10-21(27(23)28)20-9-11-22-25(17-20)36(18-39-15-16-42(2,3)4)29(34-22)19-7-5-6-8-19/h9-11,14,17,19,23-24H,5-8,12-13,15-16,18H2,1-4H3. The molecule has 1 aliphatic carbocycles. The van der Waals surface area contributed by atoms with Crippen LogP contribution in [0.2, 0.25) is 25.7 Å². The van der Waals surface area contributed by atoms with Crippen molar-refractivity contribution in [1.82, 2.24) is 14.5 Å². The first-order valence-electron chi connectivity index (χ1n) is 14.7. The lowest BCUT2D eigenvalue weighted by atomic mass is 9.85. The molecule has 0 N–H and O–H groups in total. The van der Waals surface area contributed by atoms with Crippen molar-refractivity contribution in [2.45, 2.75) is 94.5 Å². The van der Waals surface area contributed by atoms with Crippen molar-refractivity contribution >= 4 is 29.2 Å². The Kier molecular flexibility index (Phi) is 7.51. The Morgan fingerprint density at radius 2 is 1.69 bits per heavy atom. The van der Waals surface area contributed by atoms with Crippen molar-refractivity contribution in [2.24, 2.45) is 0 Å². The molecule has 3 heterocycles. The molecule has 228 valence electrons. The minimum absolute atomic E-state index is 0.0308. The van der Waals surface area contributed by atoms with Gasteiger partial charge in [-0.1, -0.05) is 44.6 Å². The molecule has 1 aromatic heterocycles. The number of ether oxygens (including phenoxy) is 1. The number of imidazole rings is 1. The maximum Gasteiger partial charge on any atom is 0.534 e. The molecule has 0 radical (unpaired) electrons. The Hall–Kier alpha value is -2.41. The first-order chi connectivity index (χ1) is 19.7. The van der Waals surface area contributed by atoms with E-state index in [1.807, 2.05) is 19.2 Å². The first kappa shape index (κ1) is 29.6. The number of benzene rings is 2. The van der Waals surface area contributed by atoms with Gasteiger partial charge in [-0.25, -0.2) is 4.98 Å². The van der Waals surface area contributed by atoms with Gasteiger partial charge in [-0.2, -0.15) is 21.6 Å². The van der Waals surface area contributed by atoms with Crippen molar-refractivity contribution in [2.75, 3.05) is 13.7 Å². The van der Waals surface area contributed by atoms with Crippen LogP contribution in [0.1, 0.15) is 73.5 Å². The zero-order valence-corrected chi connectivity index (χ0v) is 26.3. The molecule has 1 saturated heterocycles. The molecule has 3 aromatic rings. The van der Waals surface area contributed by atoms with Gasteiger partial charge in [0.2, 0.25) is 0 Å². The number of hydrogen-bond donors (Lipinski definition) is 0. The average Bonchev–Trinajstić information content (AvgIpc) is 3.69. The van der Waals surface area contributed by atoms with E-state index in [0.717, 1.165) is 65.3 Å². The van der Waals surface area contributed by atoms with E-state index < -0.39 is 23.7 Å². The molecule has 7 nitrogen and oxygen atoms in total. The Labute approximate surface area is 246 Å². The highest BCUT2D eigenvalue weighted by atomic mass is 32.2. The molecule has 6 rings (SSSR count). The molecule has 2 aromatic carbocycles. The smallest absolute Gasteiger partial charge is 0.376 e. The quantitative estimate of drug-likeness (QED) is 0.105. The third-order valence-corrected chi connectivity index (χ3v) is 11.8. The average molecular weight is 622 g/mol. The highest BCUT2D eigenvalue weighted by Crippen LogP contribution is 2.58. The number of halogens is 3. The van der Waals surface area contributed by atoms with E-state index in [1.54, 1.807) is 6.07 Å². The third kappa shape index (κ3) is 5.28. The fourth-order valence-electron chi connectivity index (χ4n) is 6.92. The molecule has 42 heavy (non-hydrogen) atoms. The van der Waals surface area contributed by atoms with Crippen molar-refractivity contribution in [3.8, 4) is 16.9 Å². The second-order valence-electron chi connectivity index (χ2n) is 13.1. The summed E-state index contributed by atoms with van der Waals surface area (Å²) < 4.78 is 76.6. The summed E-state index contributed by atoms with van der Waals surface area (Å²) in [5, 5.41) is 0. The van der Waals surface area contributed by atoms with E-state index in [2.05, 4.69) is 35.2 Å². The van der Waals surface area contributed by atoms with Crippen LogP contribution >= 0.6 is 0 Å². The third-order valence-electron chi connectivity index (χ3n) is 9.12. The number of rotatable bonds is 9. The zero-order valence-electron chi connectivity index (χ0n) is 24.5. The Morgan fingerprint density at radius 1 is 1.00 bits per heavy atom. The fourth-order valence-corrected chi connectivity index (χ4v) is 8.15. The molecule has 12 heteroatoms. The number of alkyl halides is 3. The first-order valence-corrected chi connectivity index (χ1v) is 19.8. The highest BCUT2D eigenvalue weighted by Gasteiger charge is 2.51. The Bertz CT molecular complexity index is 1610. The second-order valence-corrected chi connectivity index (χ2v) is 20.3. The molecule has 2 fully saturated rings. The van der Waals surface area contributed by atoms with E-state index >= 15 is 0 Å². The van der Waals surface area contributed by atoms with Gasteiger partial charge in [0.25, 0.3) is 0 Å². The minimum atomic E-state index is -5.79. The molecular weight excluding hydrogens is 583 g/mol. The van der Waals surface area contributed by atoms with Gasteiger partial charge in [-0.05, 0) is 73.7 Å². The van der Waals surface area contributed by atoms with E-state index in [9.17, 15) is 21.6 Å². The summed E-state index contributed by atoms with van der Waals surface area (Å²) >= 11 is 0. The van der Waals surface area contributed by atoms with Crippen LogP contribution in [0.3, 0.4) is 0 Å². The maximum absolute atomic E-state index is 13.2. The molecule has 0 amide bonds. The monoisotopic (exact) mass is 621 g/mol. The van der Waals surface area contributed by atoms with Crippen molar-refractivity contribution < 1.29 is 30.5 Å². The van der Waals surface area contributed by atoms with Gasteiger partial charge < -0.3 is 13.5 Å². The van der Waals surface area contributed by atoms with Gasteiger partial charge in [0.1, 0.15) is 18.3 Å². The predicted molar refractivity (Wildman–Crippen MR) is 159 cm³/mol. The lowest BCUT2D eigenvalue weighted by Crippen LogP contribution is -2.28. The lowest BCUT2D eigenvalue weighted by Gasteiger charge is -2.21. The predicted octanol–water partition coefficient (Wildman–Crippen LogP) is 7.72. The second kappa shape index (κ2) is 10.6. The lowest BCUT2D eigenvalue weighted by molar-refractivity contribution is -0.0500. The normalized spacial score (nSPS) is 21.5. The molecule has 1 saturated carbocycles. The summed E-state index contributed by atoms with van der Waals surface area (Å²) in [7, 11) is -5.10. The van der Waals surface area contributed by atoms with E-state index in [0.29, 0.717) is 24.8 Å². The highest BCUT2D eigenvalue weighted by molar-refractivity contribution is 7.88. The molecule has 3 aliphatic rings. The fraction of sp³-hybridized carbons (Fsp3) is 0.567. The SMILES string of the molecule is CN1C2CCC1c1c(-c3ccc4nc(C5CCCC5)n(COCC[Si](C)(C)C)c4c3)ccc(OS(=O)(=O)C(F)(F)F)c12. The van der Waals surface area contributed by atoms with Crippen LogP contribution in [0.5, 0.6) is 5.75 Å². The molecule has 0 spiro atoms.